The number of ether oxygens (including phenoxy) is 9. The predicted molar refractivity (Wildman–Crippen MR) is 289 cm³/mol. The summed E-state index contributed by atoms with van der Waals surface area (Å²) in [5, 5.41) is 168. The van der Waals surface area contributed by atoms with Crippen LogP contribution >= 0.6 is 0 Å². The zero-order chi connectivity index (χ0) is 62.7. The van der Waals surface area contributed by atoms with Crippen molar-refractivity contribution in [2.45, 2.75) is 261 Å². The second kappa shape index (κ2) is 24.3. The van der Waals surface area contributed by atoms with Crippen LogP contribution in [0.2, 0.25) is 0 Å². The molecule has 486 valence electrons. The van der Waals surface area contributed by atoms with Crippen molar-refractivity contribution >= 4 is 11.9 Å². The SMILES string of the molecule is C/C=C(/C)C(=O)O[C@H]1CC(C)(C)C[C@H]2C3=CCC4[C@@]5(C)CC[C@H](O[C@@H]6O[C@H](C(=O)O)[C@@H](O[C@@H]7O[C@H](CO)[C@H](O)[C@H](O)[C@H]7O[C@@H]7O[C@H](CO)[C@@H](O)[C@H](O)[C@H]7O)[C@H](O)[C@H]6O[C@@H]6O[C@@H](C)[C@H](O)[C@@H](O)[C@H]6O)C(C)(C)C5CC[C@@]4(C)[C@]3(C)[C@@H](O)[C@@H](O)[C@@]12CO. The number of esters is 1. The van der Waals surface area contributed by atoms with Crippen LogP contribution in [0.5, 0.6) is 0 Å². The van der Waals surface area contributed by atoms with Crippen molar-refractivity contribution in [1.82, 2.24) is 0 Å². The molecule has 0 amide bonds. The zero-order valence-electron chi connectivity index (χ0n) is 50.0. The first kappa shape index (κ1) is 66.9. The Bertz CT molecular complexity index is 2460. The first-order valence-electron chi connectivity index (χ1n) is 30.0. The van der Waals surface area contributed by atoms with E-state index < -0.39 is 217 Å². The number of allylic oxidation sites excluding steroid dienone is 2. The monoisotopic (exact) mass is 1220 g/mol. The van der Waals surface area contributed by atoms with Gasteiger partial charge in [0, 0.05) is 11.0 Å². The Balaban J connectivity index is 1.02. The topological polar surface area (TPSA) is 421 Å². The summed E-state index contributed by atoms with van der Waals surface area (Å²) in [6.45, 7) is 17.0. The van der Waals surface area contributed by atoms with E-state index in [1.807, 2.05) is 20.8 Å². The van der Waals surface area contributed by atoms with E-state index in [1.165, 1.54) is 6.92 Å². The lowest BCUT2D eigenvalue weighted by Gasteiger charge is -2.73. The molecule has 9 aliphatic rings. The van der Waals surface area contributed by atoms with Crippen LogP contribution in [0.25, 0.3) is 0 Å². The molecule has 0 bridgehead atoms. The summed E-state index contributed by atoms with van der Waals surface area (Å²) in [6.07, 6.45) is -35.1. The molecule has 0 aromatic rings. The van der Waals surface area contributed by atoms with E-state index in [0.717, 1.165) is 5.57 Å². The summed E-state index contributed by atoms with van der Waals surface area (Å²) in [6, 6.07) is 0. The van der Waals surface area contributed by atoms with Gasteiger partial charge in [0.15, 0.2) is 31.3 Å². The van der Waals surface area contributed by atoms with Crippen LogP contribution < -0.4 is 0 Å². The van der Waals surface area contributed by atoms with Gasteiger partial charge in [0.1, 0.15) is 91.6 Å². The summed E-state index contributed by atoms with van der Waals surface area (Å²) in [5.74, 6) is -3.01. The average Bonchev–Trinajstić information content (AvgIpc) is 0.673. The molecule has 9 rings (SSSR count). The van der Waals surface area contributed by atoms with Gasteiger partial charge in [-0.05, 0) is 105 Å². The van der Waals surface area contributed by atoms with Gasteiger partial charge in [-0.25, -0.2) is 9.59 Å². The summed E-state index contributed by atoms with van der Waals surface area (Å²) in [4.78, 5) is 26.9. The standard InChI is InChI=1S/C59H94O26/c1-11-23(2)49(76)80-32-19-54(4,5)18-26-25-12-13-30-56(8)16-15-31(55(6,7)29(56)14-17-57(30,9)58(25,10)46(72)47(73)59(26,32)22-62)81-53-44(84-50-39(69)36(66)33(63)24(3)77-50)41(71)42(45(85-53)48(74)75)82-52-43(38(68)35(65)28(21-61)79-52)83-51-40(70)37(67)34(64)27(20-60)78-51/h11-12,24,26-47,50-53,60-73H,13-22H2,1-10H3,(H,74,75)/b23-11-/t24-,26-,27+,28+,29?,30?,31-,32-,33-,34+,35-,36+,37-,38-,39+,40+,41-,42-,43+,44+,45-,46-,47+,50-,51-,52-,53+,56-,57+,58-,59+/m0/s1. The van der Waals surface area contributed by atoms with Crippen molar-refractivity contribution in [3.05, 3.63) is 23.3 Å². The second-order valence-electron chi connectivity index (χ2n) is 27.9. The van der Waals surface area contributed by atoms with Gasteiger partial charge in [0.2, 0.25) is 0 Å². The van der Waals surface area contributed by atoms with Crippen molar-refractivity contribution in [2.24, 2.45) is 50.2 Å². The van der Waals surface area contributed by atoms with E-state index in [2.05, 4.69) is 33.8 Å². The zero-order valence-corrected chi connectivity index (χ0v) is 50.0. The number of rotatable bonds is 14. The van der Waals surface area contributed by atoms with Crippen molar-refractivity contribution < 1.29 is 129 Å². The van der Waals surface area contributed by atoms with Crippen molar-refractivity contribution in [2.75, 3.05) is 19.8 Å². The molecule has 2 unspecified atom stereocenters. The molecule has 0 aromatic heterocycles. The van der Waals surface area contributed by atoms with E-state index >= 15 is 0 Å². The number of carboxylic acid groups (broad SMARTS) is 1. The number of hydrogen-bond acceptors (Lipinski definition) is 25. The molecule has 0 radical (unpaired) electrons. The van der Waals surface area contributed by atoms with Crippen LogP contribution in [-0.2, 0) is 52.2 Å². The maximum absolute atomic E-state index is 13.5. The van der Waals surface area contributed by atoms with Gasteiger partial charge in [-0.1, -0.05) is 66.2 Å². The van der Waals surface area contributed by atoms with Gasteiger partial charge in [-0.15, -0.1) is 0 Å². The Morgan fingerprint density at radius 1 is 0.612 bits per heavy atom. The Labute approximate surface area is 494 Å². The minimum absolute atomic E-state index is 0.105. The van der Waals surface area contributed by atoms with Gasteiger partial charge in [0.05, 0.1) is 49.7 Å². The summed E-state index contributed by atoms with van der Waals surface area (Å²) in [5.41, 5.74) is -3.44. The van der Waals surface area contributed by atoms with Gasteiger partial charge in [-0.3, -0.25) is 0 Å². The summed E-state index contributed by atoms with van der Waals surface area (Å²) in [7, 11) is 0. The highest BCUT2D eigenvalue weighted by Crippen LogP contribution is 2.76. The largest absolute Gasteiger partial charge is 0.479 e. The quantitative estimate of drug-likeness (QED) is 0.0387. The highest BCUT2D eigenvalue weighted by atomic mass is 16.8. The molecule has 31 atom stereocenters. The number of aliphatic carboxylic acids is 1. The third kappa shape index (κ3) is 10.8. The minimum Gasteiger partial charge on any atom is -0.479 e. The molecule has 26 heteroatoms. The number of aliphatic hydroxyl groups is 14. The van der Waals surface area contributed by atoms with E-state index in [0.29, 0.717) is 50.5 Å². The molecular formula is C59H94O26. The lowest BCUT2D eigenvalue weighted by Crippen LogP contribution is -2.74. The Hall–Kier alpha value is -2.46. The lowest BCUT2D eigenvalue weighted by atomic mass is 9.32. The van der Waals surface area contributed by atoms with Crippen LogP contribution in [0.1, 0.15) is 114 Å². The van der Waals surface area contributed by atoms with Gasteiger partial charge < -0.3 is 119 Å². The molecule has 85 heavy (non-hydrogen) atoms. The van der Waals surface area contributed by atoms with E-state index in [1.54, 1.807) is 19.9 Å². The fraction of sp³-hybridized carbons (Fsp3) is 0.898. The van der Waals surface area contributed by atoms with Crippen LogP contribution in [0.15, 0.2) is 23.3 Å². The Morgan fingerprint density at radius 3 is 1.75 bits per heavy atom. The van der Waals surface area contributed by atoms with Crippen LogP contribution in [0.3, 0.4) is 0 Å². The molecule has 4 aliphatic heterocycles. The maximum Gasteiger partial charge on any atom is 0.335 e. The van der Waals surface area contributed by atoms with Gasteiger partial charge in [0.25, 0.3) is 0 Å². The molecular weight excluding hydrogens is 1120 g/mol. The van der Waals surface area contributed by atoms with E-state index in [9.17, 15) is 86.2 Å². The number of aliphatic hydroxyl groups excluding tert-OH is 14. The average molecular weight is 1220 g/mol. The third-order valence-corrected chi connectivity index (χ3v) is 22.6. The van der Waals surface area contributed by atoms with E-state index in [-0.39, 0.29) is 11.8 Å². The first-order valence-corrected chi connectivity index (χ1v) is 30.0. The van der Waals surface area contributed by atoms with E-state index in [4.69, 9.17) is 42.6 Å². The fourth-order valence-electron chi connectivity index (χ4n) is 17.3. The Kier molecular flexibility index (Phi) is 19.1. The predicted octanol–water partition coefficient (Wildman–Crippen LogP) is -2.01. The smallest absolute Gasteiger partial charge is 0.335 e. The molecule has 15 N–H and O–H groups in total. The molecule has 0 spiro atoms. The molecule has 0 aromatic carbocycles. The van der Waals surface area contributed by atoms with Crippen LogP contribution in [0.4, 0.5) is 0 Å². The summed E-state index contributed by atoms with van der Waals surface area (Å²) < 4.78 is 54.7. The van der Waals surface area contributed by atoms with Crippen molar-refractivity contribution in [1.29, 1.82) is 0 Å². The normalized spacial score (nSPS) is 52.4. The van der Waals surface area contributed by atoms with Crippen molar-refractivity contribution in [3.8, 4) is 0 Å². The second-order valence-corrected chi connectivity index (χ2v) is 27.9. The molecule has 4 saturated heterocycles. The molecule has 4 saturated carbocycles. The molecule has 4 heterocycles. The Morgan fingerprint density at radius 2 is 1.16 bits per heavy atom. The number of fused-ring (bicyclic) bond motifs is 7. The highest BCUT2D eigenvalue weighted by Gasteiger charge is 2.75. The van der Waals surface area contributed by atoms with Crippen molar-refractivity contribution in [3.63, 3.8) is 0 Å². The number of carbonyl (C=O) groups is 2. The summed E-state index contributed by atoms with van der Waals surface area (Å²) >= 11 is 0. The molecule has 5 aliphatic carbocycles. The number of carbonyl (C=O) groups excluding carboxylic acids is 1. The highest BCUT2D eigenvalue weighted by molar-refractivity contribution is 5.87. The lowest BCUT2D eigenvalue weighted by molar-refractivity contribution is -0.401. The third-order valence-electron chi connectivity index (χ3n) is 22.6. The minimum atomic E-state index is -2.20. The van der Waals surface area contributed by atoms with Gasteiger partial charge in [-0.2, -0.15) is 0 Å². The molecule has 26 nitrogen and oxygen atoms in total. The fourth-order valence-corrected chi connectivity index (χ4v) is 17.3. The van der Waals surface area contributed by atoms with Crippen LogP contribution in [0, 0.1) is 50.2 Å². The number of carboxylic acids is 1. The van der Waals surface area contributed by atoms with Crippen LogP contribution in [-0.4, -0.2) is 256 Å². The maximum atomic E-state index is 13.5. The molecule has 8 fully saturated rings. The van der Waals surface area contributed by atoms with Gasteiger partial charge >= 0.3 is 11.9 Å². The number of hydrogen-bond donors (Lipinski definition) is 15. The first-order chi connectivity index (χ1) is 39.7.